The molecule has 100 valence electrons. The number of halogens is 1. The maximum Gasteiger partial charge on any atom is 0.337 e. The minimum Gasteiger partial charge on any atom is -0.465 e. The molecule has 2 rings (SSSR count). The largest absolute Gasteiger partial charge is 0.465 e. The average molecular weight is 341 g/mol. The van der Waals surface area contributed by atoms with Crippen molar-refractivity contribution in [2.45, 2.75) is 13.1 Å². The van der Waals surface area contributed by atoms with E-state index >= 15 is 0 Å². The van der Waals surface area contributed by atoms with Crippen LogP contribution in [0.4, 0.5) is 0 Å². The van der Waals surface area contributed by atoms with E-state index in [9.17, 15) is 4.79 Å². The van der Waals surface area contributed by atoms with Crippen molar-refractivity contribution in [3.63, 3.8) is 0 Å². The van der Waals surface area contributed by atoms with Crippen molar-refractivity contribution in [1.29, 1.82) is 0 Å². The third kappa shape index (κ3) is 3.86. The van der Waals surface area contributed by atoms with Gasteiger partial charge < -0.3 is 10.1 Å². The van der Waals surface area contributed by atoms with E-state index < -0.39 is 0 Å². The van der Waals surface area contributed by atoms with Gasteiger partial charge in [0.25, 0.3) is 0 Å². The van der Waals surface area contributed by atoms with Crippen molar-refractivity contribution in [1.82, 2.24) is 10.3 Å². The number of carbonyl (C=O) groups excluding carboxylic acids is 1. The van der Waals surface area contributed by atoms with Crippen LogP contribution in [0.25, 0.3) is 0 Å². The van der Waals surface area contributed by atoms with E-state index in [-0.39, 0.29) is 5.97 Å². The van der Waals surface area contributed by atoms with Gasteiger partial charge >= 0.3 is 5.97 Å². The highest BCUT2D eigenvalue weighted by atomic mass is 79.9. The normalized spacial score (nSPS) is 10.4. The molecule has 1 aromatic carbocycles. The molecule has 0 atom stereocenters. The first kappa shape index (κ1) is 14.2. The van der Waals surface area contributed by atoms with Crippen LogP contribution in [0.2, 0.25) is 0 Å². The Morgan fingerprint density at radius 2 is 2.32 bits per heavy atom. The maximum atomic E-state index is 11.4. The first-order valence-electron chi connectivity index (χ1n) is 5.65. The standard InChI is InChI=1S/C13H13BrN2O2S/c1-18-13(17)9-2-3-10(12(14)4-9)5-15-6-11-7-16-8-19-11/h2-4,7-8,15H,5-6H2,1H3. The lowest BCUT2D eigenvalue weighted by Gasteiger charge is -2.07. The van der Waals surface area contributed by atoms with Gasteiger partial charge in [-0.05, 0) is 17.7 Å². The number of benzene rings is 1. The molecule has 0 spiro atoms. The Hall–Kier alpha value is -1.24. The highest BCUT2D eigenvalue weighted by Gasteiger charge is 2.08. The fourth-order valence-corrected chi connectivity index (χ4v) is 2.67. The smallest absolute Gasteiger partial charge is 0.337 e. The molecule has 4 nitrogen and oxygen atoms in total. The first-order chi connectivity index (χ1) is 9.20. The van der Waals surface area contributed by atoms with Crippen LogP contribution in [0.1, 0.15) is 20.8 Å². The Morgan fingerprint density at radius 3 is 2.95 bits per heavy atom. The van der Waals surface area contributed by atoms with Gasteiger partial charge in [-0.2, -0.15) is 0 Å². The summed E-state index contributed by atoms with van der Waals surface area (Å²) in [6.45, 7) is 1.51. The van der Waals surface area contributed by atoms with Crippen molar-refractivity contribution >= 4 is 33.2 Å². The molecule has 0 bridgehead atoms. The SMILES string of the molecule is COC(=O)c1ccc(CNCc2cncs2)c(Br)c1. The topological polar surface area (TPSA) is 51.2 Å². The summed E-state index contributed by atoms with van der Waals surface area (Å²) in [5, 5.41) is 3.33. The van der Waals surface area contributed by atoms with E-state index in [0.717, 1.165) is 23.1 Å². The number of hydrogen-bond donors (Lipinski definition) is 1. The Labute approximate surface area is 124 Å². The molecule has 6 heteroatoms. The Kier molecular flexibility index (Phi) is 5.07. The van der Waals surface area contributed by atoms with Gasteiger partial charge in [0, 0.05) is 28.6 Å². The second kappa shape index (κ2) is 6.79. The van der Waals surface area contributed by atoms with Crippen LogP contribution >= 0.6 is 27.3 Å². The number of thiazole rings is 1. The molecule has 0 unspecified atom stereocenters. The molecule has 1 N–H and O–H groups in total. The molecule has 2 aromatic rings. The van der Waals surface area contributed by atoms with Gasteiger partial charge in [-0.1, -0.05) is 22.0 Å². The third-order valence-corrected chi connectivity index (χ3v) is 4.09. The summed E-state index contributed by atoms with van der Waals surface area (Å²) in [4.78, 5) is 16.6. The molecular weight excluding hydrogens is 328 g/mol. The van der Waals surface area contributed by atoms with Gasteiger partial charge in [0.1, 0.15) is 0 Å². The van der Waals surface area contributed by atoms with Gasteiger partial charge in [0.15, 0.2) is 0 Å². The predicted molar refractivity (Wildman–Crippen MR) is 78.1 cm³/mol. The van der Waals surface area contributed by atoms with Gasteiger partial charge in [0.05, 0.1) is 18.2 Å². The predicted octanol–water partition coefficient (Wildman–Crippen LogP) is 2.98. The average Bonchev–Trinajstić information content (AvgIpc) is 2.93. The zero-order valence-electron chi connectivity index (χ0n) is 10.4. The minimum atomic E-state index is -0.329. The van der Waals surface area contributed by atoms with E-state index in [0.29, 0.717) is 5.56 Å². The van der Waals surface area contributed by atoms with Crippen LogP contribution in [0.5, 0.6) is 0 Å². The molecule has 0 aliphatic rings. The van der Waals surface area contributed by atoms with Crippen molar-refractivity contribution in [3.8, 4) is 0 Å². The summed E-state index contributed by atoms with van der Waals surface area (Å²) < 4.78 is 5.58. The molecule has 19 heavy (non-hydrogen) atoms. The molecule has 0 aliphatic heterocycles. The van der Waals surface area contributed by atoms with Crippen LogP contribution in [0.15, 0.2) is 34.4 Å². The summed E-state index contributed by atoms with van der Waals surface area (Å²) >= 11 is 5.09. The van der Waals surface area contributed by atoms with Gasteiger partial charge in [-0.15, -0.1) is 11.3 Å². The highest BCUT2D eigenvalue weighted by molar-refractivity contribution is 9.10. The van der Waals surface area contributed by atoms with Crippen LogP contribution in [-0.4, -0.2) is 18.1 Å². The summed E-state index contributed by atoms with van der Waals surface area (Å²) in [5.74, 6) is -0.329. The molecule has 0 radical (unpaired) electrons. The third-order valence-electron chi connectivity index (χ3n) is 2.57. The van der Waals surface area contributed by atoms with Crippen LogP contribution < -0.4 is 5.32 Å². The molecule has 1 heterocycles. The number of esters is 1. The Balaban J connectivity index is 1.95. The molecule has 0 saturated heterocycles. The zero-order valence-corrected chi connectivity index (χ0v) is 12.8. The fourth-order valence-electron chi connectivity index (χ4n) is 1.59. The zero-order chi connectivity index (χ0) is 13.7. The first-order valence-corrected chi connectivity index (χ1v) is 7.33. The van der Waals surface area contributed by atoms with Gasteiger partial charge in [-0.3, -0.25) is 4.98 Å². The van der Waals surface area contributed by atoms with E-state index in [2.05, 4.69) is 31.0 Å². The summed E-state index contributed by atoms with van der Waals surface area (Å²) in [6, 6.07) is 5.45. The molecule has 0 fully saturated rings. The van der Waals surface area contributed by atoms with Crippen LogP contribution in [-0.2, 0) is 17.8 Å². The van der Waals surface area contributed by atoms with E-state index in [1.54, 1.807) is 23.5 Å². The fraction of sp³-hybridized carbons (Fsp3) is 0.231. The quantitative estimate of drug-likeness (QED) is 0.850. The maximum absolute atomic E-state index is 11.4. The number of hydrogen-bond acceptors (Lipinski definition) is 5. The lowest BCUT2D eigenvalue weighted by molar-refractivity contribution is 0.0600. The van der Waals surface area contributed by atoms with Gasteiger partial charge in [0.2, 0.25) is 0 Å². The Morgan fingerprint density at radius 1 is 1.47 bits per heavy atom. The minimum absolute atomic E-state index is 0.329. The molecule has 0 aliphatic carbocycles. The second-order valence-electron chi connectivity index (χ2n) is 3.87. The lowest BCUT2D eigenvalue weighted by Crippen LogP contribution is -2.12. The number of methoxy groups -OCH3 is 1. The van der Waals surface area contributed by atoms with Crippen molar-refractivity contribution in [3.05, 3.63) is 50.4 Å². The second-order valence-corrected chi connectivity index (χ2v) is 5.69. The van der Waals surface area contributed by atoms with Crippen molar-refractivity contribution < 1.29 is 9.53 Å². The monoisotopic (exact) mass is 340 g/mol. The number of nitrogens with one attached hydrogen (secondary N) is 1. The van der Waals surface area contributed by atoms with Crippen LogP contribution in [0.3, 0.4) is 0 Å². The number of carbonyl (C=O) groups is 1. The summed E-state index contributed by atoms with van der Waals surface area (Å²) in [7, 11) is 1.38. The Bertz CT molecular complexity index is 558. The number of ether oxygens (including phenoxy) is 1. The lowest BCUT2D eigenvalue weighted by atomic mass is 10.1. The molecular formula is C13H13BrN2O2S. The van der Waals surface area contributed by atoms with E-state index in [1.165, 1.54) is 12.0 Å². The van der Waals surface area contributed by atoms with Crippen molar-refractivity contribution in [2.24, 2.45) is 0 Å². The number of aromatic nitrogens is 1. The summed E-state index contributed by atoms with van der Waals surface area (Å²) in [5.41, 5.74) is 3.45. The van der Waals surface area contributed by atoms with E-state index in [4.69, 9.17) is 0 Å². The van der Waals surface area contributed by atoms with Gasteiger partial charge in [-0.25, -0.2) is 4.79 Å². The van der Waals surface area contributed by atoms with Crippen LogP contribution in [0, 0.1) is 0 Å². The van der Waals surface area contributed by atoms with Crippen molar-refractivity contribution in [2.75, 3.05) is 7.11 Å². The molecule has 0 amide bonds. The van der Waals surface area contributed by atoms with E-state index in [1.807, 2.05) is 17.8 Å². The summed E-state index contributed by atoms with van der Waals surface area (Å²) in [6.07, 6.45) is 1.85. The molecule has 0 saturated carbocycles. The highest BCUT2D eigenvalue weighted by Crippen LogP contribution is 2.19. The number of rotatable bonds is 5. The number of nitrogens with zero attached hydrogens (tertiary/aromatic N) is 1. The molecule has 1 aromatic heterocycles.